The van der Waals surface area contributed by atoms with Crippen molar-refractivity contribution in [1.82, 2.24) is 9.97 Å². The van der Waals surface area contributed by atoms with Crippen LogP contribution in [0, 0.1) is 10.1 Å². The van der Waals surface area contributed by atoms with E-state index in [0.717, 1.165) is 10.6 Å². The first-order valence-electron chi connectivity index (χ1n) is 9.63. The summed E-state index contributed by atoms with van der Waals surface area (Å²) >= 11 is 1.51. The van der Waals surface area contributed by atoms with Crippen LogP contribution in [0.3, 0.4) is 0 Å². The molecule has 1 aromatic carbocycles. The number of benzene rings is 1. The van der Waals surface area contributed by atoms with Crippen LogP contribution in [0.2, 0.25) is 18.1 Å². The number of nitro groups is 1. The van der Waals surface area contributed by atoms with Gasteiger partial charge < -0.3 is 9.74 Å². The predicted molar refractivity (Wildman–Crippen MR) is 124 cm³/mol. The van der Waals surface area contributed by atoms with Crippen molar-refractivity contribution in [2.45, 2.75) is 45.4 Å². The lowest BCUT2D eigenvalue weighted by Crippen LogP contribution is -2.43. The fraction of sp³-hybridized carbons (Fsp3) is 0.333. The summed E-state index contributed by atoms with van der Waals surface area (Å²) in [4.78, 5) is 19.9. The molecule has 0 amide bonds. The Kier molecular flexibility index (Phi) is 6.23. The molecule has 0 bridgehead atoms. The number of thiazole rings is 1. The van der Waals surface area contributed by atoms with Gasteiger partial charge in [-0.3, -0.25) is 15.1 Å². The van der Waals surface area contributed by atoms with E-state index in [9.17, 15) is 10.1 Å². The van der Waals surface area contributed by atoms with Gasteiger partial charge in [0.05, 0.1) is 11.0 Å². The fourth-order valence-corrected chi connectivity index (χ4v) is 4.35. The molecule has 0 aliphatic rings. The third kappa shape index (κ3) is 5.03. The van der Waals surface area contributed by atoms with E-state index in [-0.39, 0.29) is 15.6 Å². The maximum atomic E-state index is 11.7. The molecule has 0 spiro atoms. The molecule has 1 N–H and O–H groups in total. The fourth-order valence-electron chi connectivity index (χ4n) is 2.54. The van der Waals surface area contributed by atoms with Crippen LogP contribution >= 0.6 is 11.3 Å². The molecule has 3 aromatic rings. The Hall–Kier alpha value is -2.78. The number of nitrogens with zero attached hydrogens (tertiary/aromatic N) is 3. The zero-order valence-electron chi connectivity index (χ0n) is 17.8. The third-order valence-electron chi connectivity index (χ3n) is 5.32. The SMILES string of the molecule is CC(C)(C)[Si](C)(C)Oc1ccc(CNc2csc(-c3ccncc3)n2)c([N+](=O)[O-])c1. The molecule has 30 heavy (non-hydrogen) atoms. The van der Waals surface area contributed by atoms with Gasteiger partial charge in [-0.25, -0.2) is 4.98 Å². The van der Waals surface area contributed by atoms with Crippen molar-refractivity contribution in [3.63, 3.8) is 0 Å². The van der Waals surface area contributed by atoms with Gasteiger partial charge in [-0.05, 0) is 42.4 Å². The molecule has 2 heterocycles. The molecule has 0 saturated carbocycles. The molecule has 9 heteroatoms. The van der Waals surface area contributed by atoms with Crippen LogP contribution in [0.4, 0.5) is 11.5 Å². The topological polar surface area (TPSA) is 90.2 Å². The van der Waals surface area contributed by atoms with Gasteiger partial charge in [-0.1, -0.05) is 20.8 Å². The molecule has 0 saturated heterocycles. The first-order chi connectivity index (χ1) is 14.1. The van der Waals surface area contributed by atoms with Gasteiger partial charge in [-0.15, -0.1) is 11.3 Å². The van der Waals surface area contributed by atoms with Gasteiger partial charge in [0.1, 0.15) is 16.6 Å². The molecule has 7 nitrogen and oxygen atoms in total. The molecule has 2 aromatic heterocycles. The number of aromatic nitrogens is 2. The van der Waals surface area contributed by atoms with Gasteiger partial charge in [0.15, 0.2) is 0 Å². The van der Waals surface area contributed by atoms with Crippen LogP contribution in [-0.4, -0.2) is 23.2 Å². The third-order valence-corrected chi connectivity index (χ3v) is 10.6. The van der Waals surface area contributed by atoms with Crippen LogP contribution in [0.1, 0.15) is 26.3 Å². The number of hydrogen-bond acceptors (Lipinski definition) is 7. The Morgan fingerprint density at radius 1 is 1.20 bits per heavy atom. The van der Waals surface area contributed by atoms with E-state index in [1.807, 2.05) is 23.6 Å². The molecule has 0 unspecified atom stereocenters. The number of nitrogens with one attached hydrogen (secondary N) is 1. The highest BCUT2D eigenvalue weighted by atomic mass is 32.1. The summed E-state index contributed by atoms with van der Waals surface area (Å²) in [5, 5.41) is 17.6. The average Bonchev–Trinajstić information content (AvgIpc) is 3.15. The highest BCUT2D eigenvalue weighted by Crippen LogP contribution is 2.38. The molecule has 0 radical (unpaired) electrons. The molecular formula is C21H26N4O3SSi. The Morgan fingerprint density at radius 2 is 1.90 bits per heavy atom. The summed E-state index contributed by atoms with van der Waals surface area (Å²) in [6, 6.07) is 8.89. The summed E-state index contributed by atoms with van der Waals surface area (Å²) in [6.07, 6.45) is 3.45. The minimum absolute atomic E-state index is 0.0130. The molecule has 158 valence electrons. The van der Waals surface area contributed by atoms with Crippen LogP contribution in [-0.2, 0) is 6.54 Å². The lowest BCUT2D eigenvalue weighted by atomic mass is 10.1. The van der Waals surface area contributed by atoms with E-state index in [1.165, 1.54) is 17.4 Å². The van der Waals surface area contributed by atoms with E-state index in [0.29, 0.717) is 23.7 Å². The van der Waals surface area contributed by atoms with Crippen LogP contribution in [0.5, 0.6) is 5.75 Å². The van der Waals surface area contributed by atoms with Gasteiger partial charge >= 0.3 is 0 Å². The largest absolute Gasteiger partial charge is 0.543 e. The van der Waals surface area contributed by atoms with Crippen molar-refractivity contribution < 1.29 is 9.35 Å². The number of hydrogen-bond donors (Lipinski definition) is 1. The Bertz CT molecular complexity index is 1030. The van der Waals surface area contributed by atoms with Crippen molar-refractivity contribution in [3.05, 3.63) is 63.8 Å². The minimum Gasteiger partial charge on any atom is -0.543 e. The van der Waals surface area contributed by atoms with Gasteiger partial charge in [0, 0.05) is 35.4 Å². The van der Waals surface area contributed by atoms with Crippen LogP contribution in [0.15, 0.2) is 48.1 Å². The van der Waals surface area contributed by atoms with E-state index in [2.05, 4.69) is 49.1 Å². The van der Waals surface area contributed by atoms with Gasteiger partial charge in [0.25, 0.3) is 5.69 Å². The molecular weight excluding hydrogens is 416 g/mol. The average molecular weight is 443 g/mol. The van der Waals surface area contributed by atoms with Crippen molar-refractivity contribution in [3.8, 4) is 16.3 Å². The maximum Gasteiger partial charge on any atom is 0.278 e. The lowest BCUT2D eigenvalue weighted by molar-refractivity contribution is -0.385. The number of rotatable bonds is 7. The highest BCUT2D eigenvalue weighted by Gasteiger charge is 2.39. The number of anilines is 1. The van der Waals surface area contributed by atoms with Crippen molar-refractivity contribution in [2.24, 2.45) is 0 Å². The van der Waals surface area contributed by atoms with Crippen molar-refractivity contribution in [1.29, 1.82) is 0 Å². The normalized spacial score (nSPS) is 11.9. The van der Waals surface area contributed by atoms with E-state index >= 15 is 0 Å². The molecule has 0 fully saturated rings. The second-order valence-corrected chi connectivity index (χ2v) is 14.1. The van der Waals surface area contributed by atoms with E-state index in [4.69, 9.17) is 4.43 Å². The Balaban J connectivity index is 1.75. The van der Waals surface area contributed by atoms with Crippen molar-refractivity contribution >= 4 is 31.2 Å². The lowest BCUT2D eigenvalue weighted by Gasteiger charge is -2.36. The Labute approximate surface area is 181 Å². The minimum atomic E-state index is -2.07. The summed E-state index contributed by atoms with van der Waals surface area (Å²) in [7, 11) is -2.07. The first-order valence-corrected chi connectivity index (χ1v) is 13.4. The zero-order chi connectivity index (χ0) is 21.9. The monoisotopic (exact) mass is 442 g/mol. The quantitative estimate of drug-likeness (QED) is 0.270. The summed E-state index contributed by atoms with van der Waals surface area (Å²) in [5.41, 5.74) is 1.62. The molecule has 0 aliphatic carbocycles. The van der Waals surface area contributed by atoms with Gasteiger partial charge in [-0.2, -0.15) is 0 Å². The van der Waals surface area contributed by atoms with E-state index < -0.39 is 8.32 Å². The number of pyridine rings is 1. The highest BCUT2D eigenvalue weighted by molar-refractivity contribution is 7.13. The maximum absolute atomic E-state index is 11.7. The second-order valence-electron chi connectivity index (χ2n) is 8.54. The summed E-state index contributed by atoms with van der Waals surface area (Å²) in [6.45, 7) is 11.0. The molecule has 3 rings (SSSR count). The predicted octanol–water partition coefficient (Wildman–Crippen LogP) is 6.11. The van der Waals surface area contributed by atoms with Crippen LogP contribution < -0.4 is 9.74 Å². The van der Waals surface area contributed by atoms with Crippen molar-refractivity contribution in [2.75, 3.05) is 5.32 Å². The Morgan fingerprint density at radius 3 is 2.53 bits per heavy atom. The number of nitro benzene ring substituents is 1. The van der Waals surface area contributed by atoms with E-state index in [1.54, 1.807) is 18.5 Å². The second kappa shape index (κ2) is 8.53. The van der Waals surface area contributed by atoms with Crippen LogP contribution in [0.25, 0.3) is 10.6 Å². The smallest absolute Gasteiger partial charge is 0.278 e. The first kappa shape index (κ1) is 21.9. The molecule has 0 aliphatic heterocycles. The van der Waals surface area contributed by atoms with Gasteiger partial charge in [0.2, 0.25) is 8.32 Å². The zero-order valence-corrected chi connectivity index (χ0v) is 19.6. The standard InChI is InChI=1S/C21H26N4O3SSi/c1-21(2,3)30(4,5)28-17-7-6-16(18(12-17)25(26)27)13-23-19-14-29-20(24-19)15-8-10-22-11-9-15/h6-12,14,23H,13H2,1-5H3. The summed E-state index contributed by atoms with van der Waals surface area (Å²) in [5.74, 6) is 1.23. The molecule has 0 atom stereocenters. The summed E-state index contributed by atoms with van der Waals surface area (Å²) < 4.78 is 6.23.